The van der Waals surface area contributed by atoms with Crippen molar-refractivity contribution in [1.82, 2.24) is 15.1 Å². The molecule has 0 aromatic carbocycles. The fourth-order valence-corrected chi connectivity index (χ4v) is 4.01. The van der Waals surface area contributed by atoms with Crippen LogP contribution in [0.2, 0.25) is 0 Å². The summed E-state index contributed by atoms with van der Waals surface area (Å²) in [5.41, 5.74) is 0.906. The van der Waals surface area contributed by atoms with Crippen molar-refractivity contribution in [2.24, 2.45) is 0 Å². The Morgan fingerprint density at radius 3 is 2.58 bits per heavy atom. The number of nitrogens with zero attached hydrogens (tertiary/aromatic N) is 2. The topological polar surface area (TPSA) is 44.8 Å². The van der Waals surface area contributed by atoms with E-state index in [0.29, 0.717) is 0 Å². The molecule has 1 aliphatic heterocycles. The van der Waals surface area contributed by atoms with Crippen LogP contribution < -0.4 is 5.32 Å². The molecule has 0 unspecified atom stereocenters. The summed E-state index contributed by atoms with van der Waals surface area (Å²) in [5, 5.41) is 7.77. The van der Waals surface area contributed by atoms with Gasteiger partial charge in [-0.3, -0.25) is 4.90 Å². The Balaban J connectivity index is 1.56. The number of hydrogen-bond donors (Lipinski definition) is 1. The van der Waals surface area contributed by atoms with Crippen LogP contribution in [0.15, 0.2) is 15.2 Å². The molecule has 1 saturated heterocycles. The number of amides is 1. The zero-order valence-corrected chi connectivity index (χ0v) is 17.2. The van der Waals surface area contributed by atoms with Gasteiger partial charge in [-0.2, -0.15) is 11.3 Å². The maximum atomic E-state index is 12.0. The summed E-state index contributed by atoms with van der Waals surface area (Å²) in [5.74, 6) is 0. The highest BCUT2D eigenvalue weighted by atomic mass is 79.9. The van der Waals surface area contributed by atoms with Crippen LogP contribution in [-0.2, 0) is 11.3 Å². The third-order valence-electron chi connectivity index (χ3n) is 3.86. The van der Waals surface area contributed by atoms with Gasteiger partial charge in [-0.25, -0.2) is 4.79 Å². The minimum absolute atomic E-state index is 0.190. The van der Waals surface area contributed by atoms with Crippen LogP contribution in [0.25, 0.3) is 0 Å². The summed E-state index contributed by atoms with van der Waals surface area (Å²) in [6.45, 7) is 12.1. The first kappa shape index (κ1) is 19.7. The number of carbonyl (C=O) groups is 1. The average molecular weight is 418 g/mol. The highest BCUT2D eigenvalue weighted by molar-refractivity contribution is 9.10. The van der Waals surface area contributed by atoms with Crippen molar-refractivity contribution in [3.8, 4) is 0 Å². The molecule has 1 aromatic heterocycles. The van der Waals surface area contributed by atoms with Gasteiger partial charge in [0.2, 0.25) is 0 Å². The van der Waals surface area contributed by atoms with Gasteiger partial charge in [0, 0.05) is 42.6 Å². The van der Waals surface area contributed by atoms with Crippen LogP contribution in [0, 0.1) is 0 Å². The van der Waals surface area contributed by atoms with E-state index >= 15 is 0 Å². The van der Waals surface area contributed by atoms with E-state index in [1.54, 1.807) is 11.3 Å². The lowest BCUT2D eigenvalue weighted by molar-refractivity contribution is 0.0144. The van der Waals surface area contributed by atoms with Crippen molar-refractivity contribution in [2.75, 3.05) is 39.3 Å². The molecule has 2 heterocycles. The number of ether oxygens (including phenoxy) is 1. The summed E-state index contributed by atoms with van der Waals surface area (Å²) in [7, 11) is 0. The van der Waals surface area contributed by atoms with Gasteiger partial charge < -0.3 is 15.0 Å². The highest BCUT2D eigenvalue weighted by Gasteiger charge is 2.25. The molecule has 1 aromatic rings. The van der Waals surface area contributed by atoms with Gasteiger partial charge in [0.15, 0.2) is 0 Å². The molecule has 0 atom stereocenters. The molecule has 7 heteroatoms. The molecular formula is C17H28BrN3O2S. The van der Waals surface area contributed by atoms with E-state index in [0.717, 1.165) is 52.2 Å². The van der Waals surface area contributed by atoms with Crippen molar-refractivity contribution in [3.05, 3.63) is 20.8 Å². The molecule has 2 rings (SSSR count). The van der Waals surface area contributed by atoms with E-state index in [1.807, 2.05) is 25.7 Å². The molecule has 1 amide bonds. The Labute approximate surface area is 157 Å². The van der Waals surface area contributed by atoms with Crippen LogP contribution in [0.1, 0.15) is 32.8 Å². The number of piperazine rings is 1. The molecule has 24 heavy (non-hydrogen) atoms. The first-order chi connectivity index (χ1) is 11.3. The lowest BCUT2D eigenvalue weighted by Crippen LogP contribution is -2.50. The first-order valence-electron chi connectivity index (χ1n) is 8.47. The van der Waals surface area contributed by atoms with Crippen LogP contribution >= 0.6 is 27.3 Å². The monoisotopic (exact) mass is 417 g/mol. The van der Waals surface area contributed by atoms with Gasteiger partial charge in [-0.1, -0.05) is 0 Å². The first-order valence-corrected chi connectivity index (χ1v) is 10.2. The van der Waals surface area contributed by atoms with Gasteiger partial charge >= 0.3 is 6.09 Å². The Bertz CT molecular complexity index is 522. The maximum absolute atomic E-state index is 12.0. The third kappa shape index (κ3) is 6.70. The zero-order valence-electron chi connectivity index (χ0n) is 14.8. The lowest BCUT2D eigenvalue weighted by atomic mass is 10.2. The zero-order chi connectivity index (χ0) is 17.6. The van der Waals surface area contributed by atoms with E-state index in [2.05, 4.69) is 36.9 Å². The summed E-state index contributed by atoms with van der Waals surface area (Å²) >= 11 is 5.27. The van der Waals surface area contributed by atoms with Gasteiger partial charge in [0.05, 0.1) is 0 Å². The van der Waals surface area contributed by atoms with Crippen LogP contribution in [0.4, 0.5) is 4.79 Å². The standard InChI is InChI=1S/C17H28BrN3O2S/c1-17(2,3)23-16(22)21-9-7-20(8-10-21)6-4-5-19-11-14-12-24-13-15(14)18/h12-13,19H,4-11H2,1-3H3. The minimum atomic E-state index is -0.419. The second kappa shape index (κ2) is 9.17. The number of nitrogens with one attached hydrogen (secondary N) is 1. The fraction of sp³-hybridized carbons (Fsp3) is 0.706. The van der Waals surface area contributed by atoms with Crippen LogP contribution in [0.3, 0.4) is 0 Å². The molecule has 1 N–H and O–H groups in total. The van der Waals surface area contributed by atoms with Crippen molar-refractivity contribution in [1.29, 1.82) is 0 Å². The molecule has 1 fully saturated rings. The number of carbonyl (C=O) groups excluding carboxylic acids is 1. The predicted molar refractivity (Wildman–Crippen MR) is 103 cm³/mol. The lowest BCUT2D eigenvalue weighted by Gasteiger charge is -2.35. The largest absolute Gasteiger partial charge is 0.444 e. The van der Waals surface area contributed by atoms with Gasteiger partial charge in [-0.15, -0.1) is 0 Å². The summed E-state index contributed by atoms with van der Waals surface area (Å²) in [4.78, 5) is 16.3. The SMILES string of the molecule is CC(C)(C)OC(=O)N1CCN(CCCNCc2cscc2Br)CC1. The minimum Gasteiger partial charge on any atom is -0.444 e. The molecular weight excluding hydrogens is 390 g/mol. The molecule has 0 spiro atoms. The number of rotatable bonds is 6. The number of halogens is 1. The number of thiophene rings is 1. The van der Waals surface area contributed by atoms with E-state index in [4.69, 9.17) is 4.74 Å². The fourth-order valence-electron chi connectivity index (χ4n) is 2.57. The normalized spacial score (nSPS) is 16.4. The van der Waals surface area contributed by atoms with Crippen molar-refractivity contribution in [3.63, 3.8) is 0 Å². The molecule has 0 radical (unpaired) electrons. The smallest absolute Gasteiger partial charge is 0.410 e. The van der Waals surface area contributed by atoms with E-state index < -0.39 is 5.60 Å². The summed E-state index contributed by atoms with van der Waals surface area (Å²) < 4.78 is 6.62. The average Bonchev–Trinajstić information content (AvgIpc) is 2.91. The second-order valence-corrected chi connectivity index (χ2v) is 8.68. The van der Waals surface area contributed by atoms with Crippen molar-refractivity contribution < 1.29 is 9.53 Å². The van der Waals surface area contributed by atoms with Gasteiger partial charge in [0.1, 0.15) is 5.60 Å². The Kier molecular flexibility index (Phi) is 7.53. The summed E-state index contributed by atoms with van der Waals surface area (Å²) in [6, 6.07) is 0. The molecule has 0 saturated carbocycles. The van der Waals surface area contributed by atoms with Crippen molar-refractivity contribution in [2.45, 2.75) is 39.3 Å². The van der Waals surface area contributed by atoms with Crippen LogP contribution in [0.5, 0.6) is 0 Å². The summed E-state index contributed by atoms with van der Waals surface area (Å²) in [6.07, 6.45) is 0.930. The molecule has 5 nitrogen and oxygen atoms in total. The predicted octanol–water partition coefficient (Wildman–Crippen LogP) is 3.54. The Morgan fingerprint density at radius 1 is 1.29 bits per heavy atom. The van der Waals surface area contributed by atoms with Gasteiger partial charge in [0.25, 0.3) is 0 Å². The van der Waals surface area contributed by atoms with Crippen molar-refractivity contribution >= 4 is 33.4 Å². The van der Waals surface area contributed by atoms with Gasteiger partial charge in [-0.05, 0) is 67.2 Å². The number of hydrogen-bond acceptors (Lipinski definition) is 5. The molecule has 0 bridgehead atoms. The highest BCUT2D eigenvalue weighted by Crippen LogP contribution is 2.20. The van der Waals surface area contributed by atoms with E-state index in [9.17, 15) is 4.79 Å². The molecule has 0 aliphatic carbocycles. The maximum Gasteiger partial charge on any atom is 0.410 e. The Hall–Kier alpha value is -0.630. The Morgan fingerprint density at radius 2 is 2.00 bits per heavy atom. The molecule has 1 aliphatic rings. The second-order valence-electron chi connectivity index (χ2n) is 7.08. The third-order valence-corrected chi connectivity index (χ3v) is 5.69. The van der Waals surface area contributed by atoms with Crippen LogP contribution in [-0.4, -0.2) is 60.8 Å². The quantitative estimate of drug-likeness (QED) is 0.718. The molecule has 136 valence electrons. The van der Waals surface area contributed by atoms with E-state index in [1.165, 1.54) is 10.0 Å². The van der Waals surface area contributed by atoms with E-state index in [-0.39, 0.29) is 6.09 Å².